The van der Waals surface area contributed by atoms with E-state index in [0.717, 1.165) is 30.6 Å². The molecule has 5 rings (SSSR count). The number of aryl methyl sites for hydroxylation is 1. The van der Waals surface area contributed by atoms with Gasteiger partial charge in [-0.2, -0.15) is 0 Å². The van der Waals surface area contributed by atoms with Crippen molar-refractivity contribution < 1.29 is 5.11 Å². The van der Waals surface area contributed by atoms with Gasteiger partial charge in [0, 0.05) is 36.1 Å². The third kappa shape index (κ3) is 3.15. The van der Waals surface area contributed by atoms with Gasteiger partial charge in [-0.3, -0.25) is 0 Å². The average Bonchev–Trinajstić information content (AvgIpc) is 3.06. The molecule has 0 saturated carbocycles. The van der Waals surface area contributed by atoms with Crippen LogP contribution in [0, 0.1) is 6.92 Å². The van der Waals surface area contributed by atoms with Crippen molar-refractivity contribution in [1.29, 1.82) is 0 Å². The second kappa shape index (κ2) is 7.42. The minimum atomic E-state index is -1.10. The smallest absolute Gasteiger partial charge is 0.132 e. The zero-order chi connectivity index (χ0) is 20.7. The number of hydrogen-bond acceptors (Lipinski definition) is 2. The normalized spacial score (nSPS) is 14.8. The van der Waals surface area contributed by atoms with E-state index in [0.29, 0.717) is 6.54 Å². The molecule has 2 heterocycles. The monoisotopic (exact) mass is 396 g/mol. The molecule has 0 amide bonds. The molecule has 1 aromatic heterocycles. The molecule has 0 aliphatic carbocycles. The molecule has 4 aromatic rings. The first-order valence-electron chi connectivity index (χ1n) is 10.7. The van der Waals surface area contributed by atoms with E-state index in [2.05, 4.69) is 41.6 Å². The molecule has 0 atom stereocenters. The van der Waals surface area contributed by atoms with Crippen LogP contribution in [0.25, 0.3) is 10.9 Å². The van der Waals surface area contributed by atoms with Crippen molar-refractivity contribution in [1.82, 2.24) is 9.47 Å². The van der Waals surface area contributed by atoms with Gasteiger partial charge in [0.2, 0.25) is 0 Å². The summed E-state index contributed by atoms with van der Waals surface area (Å²) in [6, 6.07) is 26.8. The molecule has 0 bridgehead atoms. The van der Waals surface area contributed by atoms with Gasteiger partial charge in [-0.15, -0.1) is 0 Å². The molecule has 1 aliphatic rings. The minimum absolute atomic E-state index is 0.500. The number of likely N-dealkylation sites (N-methyl/N-ethyl adjacent to an activating group) is 1. The summed E-state index contributed by atoms with van der Waals surface area (Å²) in [5, 5.41) is 13.5. The predicted octanol–water partition coefficient (Wildman–Crippen LogP) is 4.87. The van der Waals surface area contributed by atoms with Gasteiger partial charge in [0.25, 0.3) is 0 Å². The SMILES string of the molecule is Cc1ccc2c(c1)c1c(n2CC(O)(c2ccccc2)c2ccccc2)CCN(C)C1. The zero-order valence-electron chi connectivity index (χ0n) is 17.7. The van der Waals surface area contributed by atoms with Crippen molar-refractivity contribution in [3.63, 3.8) is 0 Å². The van der Waals surface area contributed by atoms with Gasteiger partial charge >= 0.3 is 0 Å². The van der Waals surface area contributed by atoms with Crippen LogP contribution in [0.3, 0.4) is 0 Å². The van der Waals surface area contributed by atoms with Crippen molar-refractivity contribution in [2.75, 3.05) is 13.6 Å². The highest BCUT2D eigenvalue weighted by molar-refractivity contribution is 5.86. The van der Waals surface area contributed by atoms with Crippen molar-refractivity contribution in [2.24, 2.45) is 0 Å². The first-order chi connectivity index (χ1) is 14.6. The van der Waals surface area contributed by atoms with Crippen LogP contribution in [0.15, 0.2) is 78.9 Å². The Hall–Kier alpha value is -2.88. The molecule has 30 heavy (non-hydrogen) atoms. The molecule has 3 nitrogen and oxygen atoms in total. The molecular weight excluding hydrogens is 368 g/mol. The Balaban J connectivity index is 1.72. The van der Waals surface area contributed by atoms with Crippen LogP contribution in [-0.2, 0) is 25.1 Å². The van der Waals surface area contributed by atoms with E-state index in [4.69, 9.17) is 0 Å². The van der Waals surface area contributed by atoms with Gasteiger partial charge in [0.05, 0.1) is 6.54 Å². The second-order valence-electron chi connectivity index (χ2n) is 8.61. The average molecular weight is 397 g/mol. The Morgan fingerprint density at radius 2 is 1.53 bits per heavy atom. The Morgan fingerprint density at radius 1 is 0.900 bits per heavy atom. The van der Waals surface area contributed by atoms with E-state index in [9.17, 15) is 5.11 Å². The number of nitrogens with zero attached hydrogens (tertiary/aromatic N) is 2. The molecular formula is C27H28N2O. The van der Waals surface area contributed by atoms with E-state index in [1.54, 1.807) is 0 Å². The van der Waals surface area contributed by atoms with Crippen molar-refractivity contribution in [3.8, 4) is 0 Å². The van der Waals surface area contributed by atoms with Gasteiger partial charge in [-0.1, -0.05) is 72.3 Å². The molecule has 1 aliphatic heterocycles. The van der Waals surface area contributed by atoms with E-state index >= 15 is 0 Å². The van der Waals surface area contributed by atoms with Gasteiger partial charge < -0.3 is 14.6 Å². The lowest BCUT2D eigenvalue weighted by Crippen LogP contribution is -2.34. The first kappa shape index (κ1) is 19.1. The van der Waals surface area contributed by atoms with Crippen molar-refractivity contribution in [3.05, 3.63) is 107 Å². The van der Waals surface area contributed by atoms with Gasteiger partial charge in [0.1, 0.15) is 5.60 Å². The fourth-order valence-electron chi connectivity index (χ4n) is 4.89. The molecule has 3 aromatic carbocycles. The molecule has 0 saturated heterocycles. The third-order valence-corrected chi connectivity index (χ3v) is 6.49. The van der Waals surface area contributed by atoms with Crippen LogP contribution >= 0.6 is 0 Å². The topological polar surface area (TPSA) is 28.4 Å². The summed E-state index contributed by atoms with van der Waals surface area (Å²) in [5.41, 5.74) is 6.00. The summed E-state index contributed by atoms with van der Waals surface area (Å²) >= 11 is 0. The molecule has 0 radical (unpaired) electrons. The van der Waals surface area contributed by atoms with E-state index in [-0.39, 0.29) is 0 Å². The summed E-state index contributed by atoms with van der Waals surface area (Å²) in [6.45, 7) is 4.65. The quantitative estimate of drug-likeness (QED) is 0.533. The van der Waals surface area contributed by atoms with E-state index in [1.165, 1.54) is 27.7 Å². The highest BCUT2D eigenvalue weighted by atomic mass is 16.3. The lowest BCUT2D eigenvalue weighted by molar-refractivity contribution is 0.0614. The number of aromatic nitrogens is 1. The Kier molecular flexibility index (Phi) is 4.73. The van der Waals surface area contributed by atoms with Crippen LogP contribution in [0.2, 0.25) is 0 Å². The van der Waals surface area contributed by atoms with Crippen LogP contribution in [0.5, 0.6) is 0 Å². The van der Waals surface area contributed by atoms with Crippen LogP contribution < -0.4 is 0 Å². The maximum absolute atomic E-state index is 12.2. The fraction of sp³-hybridized carbons (Fsp3) is 0.259. The Morgan fingerprint density at radius 3 is 2.17 bits per heavy atom. The summed E-state index contributed by atoms with van der Waals surface area (Å²) in [5.74, 6) is 0. The predicted molar refractivity (Wildman–Crippen MR) is 123 cm³/mol. The second-order valence-corrected chi connectivity index (χ2v) is 8.61. The fourth-order valence-corrected chi connectivity index (χ4v) is 4.89. The molecule has 152 valence electrons. The summed E-state index contributed by atoms with van der Waals surface area (Å²) < 4.78 is 2.37. The first-order valence-corrected chi connectivity index (χ1v) is 10.7. The molecule has 3 heteroatoms. The maximum atomic E-state index is 12.2. The van der Waals surface area contributed by atoms with Crippen LogP contribution in [0.4, 0.5) is 0 Å². The summed E-state index contributed by atoms with van der Waals surface area (Å²) in [4.78, 5) is 2.38. The Bertz CT molecular complexity index is 1140. The highest BCUT2D eigenvalue weighted by Crippen LogP contribution is 2.37. The standard InChI is InChI=1S/C27H28N2O/c1-20-13-14-25-23(17-20)24-18-28(2)16-15-26(24)29(25)19-27(30,21-9-5-3-6-10-21)22-11-7-4-8-12-22/h3-14,17,30H,15-16,18-19H2,1-2H3. The third-order valence-electron chi connectivity index (χ3n) is 6.49. The lowest BCUT2D eigenvalue weighted by atomic mass is 9.86. The highest BCUT2D eigenvalue weighted by Gasteiger charge is 2.34. The number of hydrogen-bond donors (Lipinski definition) is 1. The maximum Gasteiger partial charge on any atom is 0.132 e. The zero-order valence-corrected chi connectivity index (χ0v) is 17.7. The van der Waals surface area contributed by atoms with Gasteiger partial charge in [-0.05, 0) is 42.8 Å². The Labute approximate surface area is 178 Å². The van der Waals surface area contributed by atoms with E-state index < -0.39 is 5.60 Å². The van der Waals surface area contributed by atoms with Crippen molar-refractivity contribution in [2.45, 2.75) is 32.0 Å². The van der Waals surface area contributed by atoms with Gasteiger partial charge in [0.15, 0.2) is 0 Å². The largest absolute Gasteiger partial charge is 0.378 e. The number of benzene rings is 3. The number of rotatable bonds is 4. The molecule has 0 fully saturated rings. The lowest BCUT2D eigenvalue weighted by Gasteiger charge is -2.32. The van der Waals surface area contributed by atoms with Crippen LogP contribution in [-0.4, -0.2) is 28.2 Å². The number of fused-ring (bicyclic) bond motifs is 3. The van der Waals surface area contributed by atoms with Crippen LogP contribution in [0.1, 0.15) is 27.9 Å². The summed E-state index contributed by atoms with van der Waals surface area (Å²) in [7, 11) is 2.19. The molecule has 0 spiro atoms. The minimum Gasteiger partial charge on any atom is -0.378 e. The van der Waals surface area contributed by atoms with Gasteiger partial charge in [-0.25, -0.2) is 0 Å². The van der Waals surface area contributed by atoms with Crippen molar-refractivity contribution >= 4 is 10.9 Å². The van der Waals surface area contributed by atoms with E-state index in [1.807, 2.05) is 60.7 Å². The summed E-state index contributed by atoms with van der Waals surface area (Å²) in [6.07, 6.45) is 0.999. The number of aliphatic hydroxyl groups is 1. The molecule has 1 N–H and O–H groups in total. The molecule has 0 unspecified atom stereocenters.